The molecular weight excluding hydrogens is 290 g/mol. The van der Waals surface area contributed by atoms with Crippen LogP contribution in [0.3, 0.4) is 0 Å². The Kier molecular flexibility index (Phi) is 4.46. The second-order valence-corrected chi connectivity index (χ2v) is 7.95. The number of ether oxygens (including phenoxy) is 2. The number of allylic oxidation sites excluding steroid dienone is 1. The number of hydrogen-bond acceptors (Lipinski definition) is 3. The first-order valence-electron chi connectivity index (χ1n) is 9.44. The van der Waals surface area contributed by atoms with Crippen molar-refractivity contribution in [3.8, 4) is 0 Å². The lowest BCUT2D eigenvalue weighted by Crippen LogP contribution is -2.36. The van der Waals surface area contributed by atoms with Crippen LogP contribution >= 0.6 is 0 Å². The molecule has 0 unspecified atom stereocenters. The molecule has 128 valence electrons. The van der Waals surface area contributed by atoms with Gasteiger partial charge in [0.15, 0.2) is 0 Å². The molecule has 0 N–H and O–H groups in total. The monoisotopic (exact) mass is 319 g/mol. The highest BCUT2D eigenvalue weighted by molar-refractivity contribution is 5.79. The molecule has 2 saturated heterocycles. The molecule has 2 atom stereocenters. The summed E-state index contributed by atoms with van der Waals surface area (Å²) in [5.41, 5.74) is 1.23. The van der Waals surface area contributed by atoms with Gasteiger partial charge in [0.25, 0.3) is 0 Å². The zero-order valence-corrected chi connectivity index (χ0v) is 14.1. The van der Waals surface area contributed by atoms with Gasteiger partial charge in [0.05, 0.1) is 18.3 Å². The third-order valence-corrected chi connectivity index (χ3v) is 5.87. The molecule has 1 saturated carbocycles. The summed E-state index contributed by atoms with van der Waals surface area (Å²) in [5.74, 6) is 1.10. The average Bonchev–Trinajstić information content (AvgIpc) is 3.18. The van der Waals surface area contributed by atoms with Gasteiger partial charge in [-0.15, -0.1) is 0 Å². The minimum Gasteiger partial charge on any atom is -0.375 e. The van der Waals surface area contributed by atoms with Gasteiger partial charge in [0, 0.05) is 32.5 Å². The highest BCUT2D eigenvalue weighted by atomic mass is 16.6. The third kappa shape index (κ3) is 3.80. The summed E-state index contributed by atoms with van der Waals surface area (Å²) < 4.78 is 12.1. The maximum absolute atomic E-state index is 12.6. The second-order valence-electron chi connectivity index (χ2n) is 7.95. The van der Waals surface area contributed by atoms with Crippen molar-refractivity contribution in [1.82, 2.24) is 4.90 Å². The minimum absolute atomic E-state index is 0.120. The Morgan fingerprint density at radius 2 is 2.30 bits per heavy atom. The van der Waals surface area contributed by atoms with E-state index < -0.39 is 0 Å². The van der Waals surface area contributed by atoms with Gasteiger partial charge < -0.3 is 14.4 Å². The van der Waals surface area contributed by atoms with Crippen molar-refractivity contribution < 1.29 is 14.3 Å². The van der Waals surface area contributed by atoms with E-state index in [1.807, 2.05) is 4.90 Å². The molecule has 4 heteroatoms. The Morgan fingerprint density at radius 1 is 1.39 bits per heavy atom. The smallest absolute Gasteiger partial charge is 0.226 e. The summed E-state index contributed by atoms with van der Waals surface area (Å²) in [5, 5.41) is 0. The van der Waals surface area contributed by atoms with Gasteiger partial charge in [-0.05, 0) is 50.9 Å². The molecular formula is C19H29NO3. The van der Waals surface area contributed by atoms with Crippen LogP contribution in [0.1, 0.15) is 57.8 Å². The molecule has 0 aromatic heterocycles. The van der Waals surface area contributed by atoms with Crippen molar-refractivity contribution in [3.05, 3.63) is 11.6 Å². The zero-order chi connectivity index (χ0) is 15.7. The third-order valence-electron chi connectivity index (χ3n) is 5.87. The van der Waals surface area contributed by atoms with Crippen molar-refractivity contribution in [1.29, 1.82) is 0 Å². The quantitative estimate of drug-likeness (QED) is 0.731. The van der Waals surface area contributed by atoms with Crippen molar-refractivity contribution in [2.45, 2.75) is 69.5 Å². The summed E-state index contributed by atoms with van der Waals surface area (Å²) in [6, 6.07) is 0. The van der Waals surface area contributed by atoms with E-state index in [0.29, 0.717) is 18.9 Å². The molecule has 0 aromatic rings. The second kappa shape index (κ2) is 6.56. The maximum Gasteiger partial charge on any atom is 0.226 e. The Balaban J connectivity index is 1.26. The Labute approximate surface area is 139 Å². The molecule has 23 heavy (non-hydrogen) atoms. The topological polar surface area (TPSA) is 38.8 Å². The highest BCUT2D eigenvalue weighted by Crippen LogP contribution is 2.38. The standard InChI is InChI=1S/C19H29NO3/c21-18(10-15-4-2-1-3-5-15)20-9-8-19(14-20)11-17(13-23-19)22-12-16-6-7-16/h4,16-17H,1-3,5-14H2/t17-,19+/m1/s1. The molecule has 2 heterocycles. The van der Waals surface area contributed by atoms with E-state index in [9.17, 15) is 4.79 Å². The first-order valence-corrected chi connectivity index (χ1v) is 9.44. The average molecular weight is 319 g/mol. The van der Waals surface area contributed by atoms with Gasteiger partial charge in [-0.2, -0.15) is 0 Å². The first kappa shape index (κ1) is 15.6. The van der Waals surface area contributed by atoms with Crippen molar-refractivity contribution in [2.75, 3.05) is 26.3 Å². The number of nitrogens with zero attached hydrogens (tertiary/aromatic N) is 1. The van der Waals surface area contributed by atoms with E-state index in [0.717, 1.165) is 51.3 Å². The molecule has 4 nitrogen and oxygen atoms in total. The fourth-order valence-electron chi connectivity index (χ4n) is 4.18. The van der Waals surface area contributed by atoms with Crippen LogP contribution in [-0.4, -0.2) is 48.8 Å². The van der Waals surface area contributed by atoms with Gasteiger partial charge in [-0.3, -0.25) is 4.79 Å². The summed E-state index contributed by atoms with van der Waals surface area (Å²) in [6.45, 7) is 3.23. The molecule has 1 amide bonds. The number of carbonyl (C=O) groups excluding carboxylic acids is 1. The van der Waals surface area contributed by atoms with E-state index in [1.165, 1.54) is 31.3 Å². The summed E-state index contributed by atoms with van der Waals surface area (Å²) >= 11 is 0. The Morgan fingerprint density at radius 3 is 3.09 bits per heavy atom. The predicted octanol–water partition coefficient (Wildman–Crippen LogP) is 3.06. The highest BCUT2D eigenvalue weighted by Gasteiger charge is 2.47. The van der Waals surface area contributed by atoms with Crippen molar-refractivity contribution in [3.63, 3.8) is 0 Å². The lowest BCUT2D eigenvalue weighted by Gasteiger charge is -2.24. The first-order chi connectivity index (χ1) is 11.2. The zero-order valence-electron chi connectivity index (χ0n) is 14.1. The van der Waals surface area contributed by atoms with Crippen molar-refractivity contribution in [2.24, 2.45) is 5.92 Å². The van der Waals surface area contributed by atoms with Crippen LogP contribution in [0.15, 0.2) is 11.6 Å². The van der Waals surface area contributed by atoms with E-state index in [4.69, 9.17) is 9.47 Å². The van der Waals surface area contributed by atoms with Crippen LogP contribution in [0.5, 0.6) is 0 Å². The molecule has 3 fully saturated rings. The fourth-order valence-corrected chi connectivity index (χ4v) is 4.18. The number of hydrogen-bond donors (Lipinski definition) is 0. The lowest BCUT2D eigenvalue weighted by atomic mass is 9.96. The molecule has 2 aliphatic carbocycles. The summed E-state index contributed by atoms with van der Waals surface area (Å²) in [7, 11) is 0. The van der Waals surface area contributed by atoms with Gasteiger partial charge in [0.2, 0.25) is 5.91 Å². The largest absolute Gasteiger partial charge is 0.375 e. The van der Waals surface area contributed by atoms with Crippen LogP contribution in [0.2, 0.25) is 0 Å². The van der Waals surface area contributed by atoms with E-state index >= 15 is 0 Å². The van der Waals surface area contributed by atoms with E-state index in [2.05, 4.69) is 6.08 Å². The predicted molar refractivity (Wildman–Crippen MR) is 88.1 cm³/mol. The van der Waals surface area contributed by atoms with Gasteiger partial charge in [-0.1, -0.05) is 11.6 Å². The van der Waals surface area contributed by atoms with Crippen molar-refractivity contribution >= 4 is 5.91 Å². The van der Waals surface area contributed by atoms with Gasteiger partial charge in [-0.25, -0.2) is 0 Å². The van der Waals surface area contributed by atoms with Crippen LogP contribution < -0.4 is 0 Å². The Hall–Kier alpha value is -0.870. The molecule has 4 aliphatic rings. The van der Waals surface area contributed by atoms with Crippen LogP contribution in [-0.2, 0) is 14.3 Å². The normalized spacial score (nSPS) is 34.2. The van der Waals surface area contributed by atoms with Gasteiger partial charge >= 0.3 is 0 Å². The van der Waals surface area contributed by atoms with Gasteiger partial charge in [0.1, 0.15) is 0 Å². The Bertz CT molecular complexity index is 485. The van der Waals surface area contributed by atoms with Crippen LogP contribution in [0, 0.1) is 5.92 Å². The summed E-state index contributed by atoms with van der Waals surface area (Å²) in [6.07, 6.45) is 12.5. The number of rotatable bonds is 5. The molecule has 0 radical (unpaired) electrons. The maximum atomic E-state index is 12.6. The SMILES string of the molecule is O=C(CC1=CCCCC1)N1CC[C@]2(C[C@@H](OCC3CC3)CO2)C1. The minimum atomic E-state index is -0.120. The molecule has 0 bridgehead atoms. The van der Waals surface area contributed by atoms with Crippen LogP contribution in [0.4, 0.5) is 0 Å². The van der Waals surface area contributed by atoms with E-state index in [-0.39, 0.29) is 11.7 Å². The molecule has 4 rings (SSSR count). The van der Waals surface area contributed by atoms with E-state index in [1.54, 1.807) is 0 Å². The number of carbonyl (C=O) groups is 1. The number of amides is 1. The summed E-state index contributed by atoms with van der Waals surface area (Å²) in [4.78, 5) is 14.6. The fraction of sp³-hybridized carbons (Fsp3) is 0.842. The molecule has 1 spiro atoms. The molecule has 2 aliphatic heterocycles. The molecule has 0 aromatic carbocycles. The number of likely N-dealkylation sites (tertiary alicyclic amines) is 1. The van der Waals surface area contributed by atoms with Crippen LogP contribution in [0.25, 0.3) is 0 Å². The lowest BCUT2D eigenvalue weighted by molar-refractivity contribution is -0.130.